The molecule has 0 saturated heterocycles. The van der Waals surface area contributed by atoms with Crippen LogP contribution in [0.3, 0.4) is 0 Å². The van der Waals surface area contributed by atoms with Crippen molar-refractivity contribution in [2.75, 3.05) is 20.6 Å². The average molecular weight is 273 g/mol. The molecule has 20 heavy (non-hydrogen) atoms. The van der Waals surface area contributed by atoms with E-state index in [1.807, 2.05) is 0 Å². The Balaban J connectivity index is 2.10. The van der Waals surface area contributed by atoms with Crippen LogP contribution in [0.5, 0.6) is 0 Å². The molecule has 6 heteroatoms. The van der Waals surface area contributed by atoms with E-state index in [2.05, 4.69) is 47.6 Å². The van der Waals surface area contributed by atoms with Gasteiger partial charge in [0, 0.05) is 18.7 Å². The number of aryl methyl sites for hydroxylation is 2. The highest BCUT2D eigenvalue weighted by Crippen LogP contribution is 2.26. The highest BCUT2D eigenvalue weighted by molar-refractivity contribution is 5.93. The second kappa shape index (κ2) is 4.86. The Bertz CT molecular complexity index is 752. The third kappa shape index (κ3) is 1.96. The number of aromatic nitrogens is 5. The standard InChI is InChI=1S/C14H20N6/c1-10-11(2)19(7-5-6-18(3)4)13-12(10)14-15-8-17-20(14)9-16-13/h8-9H,5-7H2,1-4H3/p+1. The number of hydrogen-bond acceptors (Lipinski definition) is 3. The quantitative estimate of drug-likeness (QED) is 0.740. The minimum Gasteiger partial charge on any atom is -0.340 e. The van der Waals surface area contributed by atoms with Crippen LogP contribution < -0.4 is 4.90 Å². The highest BCUT2D eigenvalue weighted by Gasteiger charge is 2.16. The largest absolute Gasteiger partial charge is 0.340 e. The molecule has 0 radical (unpaired) electrons. The first-order valence-corrected chi connectivity index (χ1v) is 7.02. The van der Waals surface area contributed by atoms with Crippen molar-refractivity contribution in [2.24, 2.45) is 0 Å². The molecule has 3 rings (SSSR count). The summed E-state index contributed by atoms with van der Waals surface area (Å²) in [5.41, 5.74) is 4.45. The van der Waals surface area contributed by atoms with Crippen LogP contribution in [0, 0.1) is 13.8 Å². The van der Waals surface area contributed by atoms with Crippen LogP contribution in [0.15, 0.2) is 12.7 Å². The topological polar surface area (TPSA) is 52.5 Å². The normalized spacial score (nSPS) is 12.1. The highest BCUT2D eigenvalue weighted by atomic mass is 15.3. The van der Waals surface area contributed by atoms with Gasteiger partial charge >= 0.3 is 0 Å². The van der Waals surface area contributed by atoms with Gasteiger partial charge in [0.1, 0.15) is 18.3 Å². The molecule has 3 aromatic heterocycles. The lowest BCUT2D eigenvalue weighted by Gasteiger charge is -2.10. The fraction of sp³-hybridized carbons (Fsp3) is 0.500. The molecule has 1 N–H and O–H groups in total. The van der Waals surface area contributed by atoms with Gasteiger partial charge in [-0.25, -0.2) is 14.5 Å². The van der Waals surface area contributed by atoms with Gasteiger partial charge in [-0.05, 0) is 19.4 Å². The van der Waals surface area contributed by atoms with Gasteiger partial charge in [0.2, 0.25) is 0 Å². The van der Waals surface area contributed by atoms with Crippen molar-refractivity contribution in [1.29, 1.82) is 0 Å². The molecule has 0 atom stereocenters. The molecule has 3 aromatic rings. The van der Waals surface area contributed by atoms with E-state index in [4.69, 9.17) is 0 Å². The second-order valence-corrected chi connectivity index (χ2v) is 5.64. The Morgan fingerprint density at radius 1 is 1.15 bits per heavy atom. The Morgan fingerprint density at radius 2 is 1.95 bits per heavy atom. The molecule has 0 fully saturated rings. The molecule has 0 saturated carbocycles. The lowest BCUT2D eigenvalue weighted by molar-refractivity contribution is -0.858. The zero-order valence-corrected chi connectivity index (χ0v) is 12.5. The van der Waals surface area contributed by atoms with Crippen LogP contribution in [0.1, 0.15) is 17.7 Å². The van der Waals surface area contributed by atoms with Crippen LogP contribution in [0.2, 0.25) is 0 Å². The summed E-state index contributed by atoms with van der Waals surface area (Å²) >= 11 is 0. The summed E-state index contributed by atoms with van der Waals surface area (Å²) in [6.45, 7) is 6.46. The number of fused-ring (bicyclic) bond motifs is 3. The minimum absolute atomic E-state index is 0.896. The Labute approximate surface area is 118 Å². The van der Waals surface area contributed by atoms with Gasteiger partial charge in [-0.2, -0.15) is 5.10 Å². The monoisotopic (exact) mass is 273 g/mol. The van der Waals surface area contributed by atoms with Crippen molar-refractivity contribution in [3.05, 3.63) is 23.9 Å². The van der Waals surface area contributed by atoms with Crippen LogP contribution in [0.25, 0.3) is 16.7 Å². The molecular formula is C14H21N6+. The summed E-state index contributed by atoms with van der Waals surface area (Å²) in [6.07, 6.45) is 4.47. The van der Waals surface area contributed by atoms with E-state index in [0.717, 1.165) is 36.2 Å². The molecule has 0 aliphatic heterocycles. The average Bonchev–Trinajstić information content (AvgIpc) is 2.96. The molecule has 0 amide bonds. The SMILES string of the molecule is Cc1c(C)n(CCC[NH+](C)C)c2ncn3ncnc3c12. The van der Waals surface area contributed by atoms with E-state index in [0.29, 0.717) is 0 Å². The van der Waals surface area contributed by atoms with Crippen molar-refractivity contribution in [1.82, 2.24) is 24.1 Å². The van der Waals surface area contributed by atoms with Gasteiger partial charge in [-0.3, -0.25) is 0 Å². The molecule has 0 unspecified atom stereocenters. The summed E-state index contributed by atoms with van der Waals surface area (Å²) in [5, 5.41) is 5.29. The summed E-state index contributed by atoms with van der Waals surface area (Å²) in [7, 11) is 4.37. The minimum atomic E-state index is 0.896. The molecule has 0 aromatic carbocycles. The molecular weight excluding hydrogens is 252 g/mol. The van der Waals surface area contributed by atoms with Crippen molar-refractivity contribution in [3.63, 3.8) is 0 Å². The first-order chi connectivity index (χ1) is 9.59. The fourth-order valence-electron chi connectivity index (χ4n) is 2.73. The lowest BCUT2D eigenvalue weighted by atomic mass is 10.2. The smallest absolute Gasteiger partial charge is 0.168 e. The van der Waals surface area contributed by atoms with E-state index >= 15 is 0 Å². The number of nitrogens with one attached hydrogen (secondary N) is 1. The molecule has 0 spiro atoms. The van der Waals surface area contributed by atoms with Crippen LogP contribution in [-0.4, -0.2) is 44.8 Å². The van der Waals surface area contributed by atoms with E-state index < -0.39 is 0 Å². The number of rotatable bonds is 4. The third-order valence-corrected chi connectivity index (χ3v) is 3.95. The van der Waals surface area contributed by atoms with Crippen molar-refractivity contribution >= 4 is 16.7 Å². The Hall–Kier alpha value is -1.95. The van der Waals surface area contributed by atoms with Crippen molar-refractivity contribution in [2.45, 2.75) is 26.8 Å². The van der Waals surface area contributed by atoms with Gasteiger partial charge < -0.3 is 9.47 Å². The predicted molar refractivity (Wildman–Crippen MR) is 78.0 cm³/mol. The van der Waals surface area contributed by atoms with Gasteiger partial charge in [0.25, 0.3) is 0 Å². The number of nitrogens with zero attached hydrogens (tertiary/aromatic N) is 5. The fourth-order valence-corrected chi connectivity index (χ4v) is 2.73. The van der Waals surface area contributed by atoms with Crippen LogP contribution in [-0.2, 0) is 6.54 Å². The van der Waals surface area contributed by atoms with E-state index in [-0.39, 0.29) is 0 Å². The maximum absolute atomic E-state index is 4.58. The molecule has 106 valence electrons. The first kappa shape index (κ1) is 13.1. The van der Waals surface area contributed by atoms with Crippen molar-refractivity contribution in [3.8, 4) is 0 Å². The molecule has 0 bridgehead atoms. The first-order valence-electron chi connectivity index (χ1n) is 7.02. The number of quaternary nitrogens is 1. The summed E-state index contributed by atoms with van der Waals surface area (Å²) in [6, 6.07) is 0. The zero-order valence-electron chi connectivity index (χ0n) is 12.5. The van der Waals surface area contributed by atoms with E-state index in [1.54, 1.807) is 17.2 Å². The van der Waals surface area contributed by atoms with Gasteiger partial charge in [0.05, 0.1) is 26.0 Å². The molecule has 0 aliphatic carbocycles. The molecule has 6 nitrogen and oxygen atoms in total. The Morgan fingerprint density at radius 3 is 2.70 bits per heavy atom. The van der Waals surface area contributed by atoms with E-state index in [1.165, 1.54) is 16.2 Å². The second-order valence-electron chi connectivity index (χ2n) is 5.64. The van der Waals surface area contributed by atoms with E-state index in [9.17, 15) is 0 Å². The summed E-state index contributed by atoms with van der Waals surface area (Å²) in [5.74, 6) is 0. The third-order valence-electron chi connectivity index (χ3n) is 3.95. The van der Waals surface area contributed by atoms with Crippen molar-refractivity contribution < 1.29 is 4.90 Å². The maximum Gasteiger partial charge on any atom is 0.168 e. The Kier molecular flexibility index (Phi) is 3.17. The zero-order chi connectivity index (χ0) is 14.3. The summed E-state index contributed by atoms with van der Waals surface area (Å²) in [4.78, 5) is 10.4. The summed E-state index contributed by atoms with van der Waals surface area (Å²) < 4.78 is 4.05. The predicted octanol–water partition coefficient (Wildman–Crippen LogP) is 0.230. The van der Waals surface area contributed by atoms with Gasteiger partial charge in [-0.15, -0.1) is 0 Å². The van der Waals surface area contributed by atoms with Gasteiger partial charge in [0.15, 0.2) is 5.65 Å². The van der Waals surface area contributed by atoms with Crippen LogP contribution in [0.4, 0.5) is 0 Å². The number of hydrogen-bond donors (Lipinski definition) is 1. The van der Waals surface area contributed by atoms with Gasteiger partial charge in [-0.1, -0.05) is 0 Å². The maximum atomic E-state index is 4.58. The molecule has 3 heterocycles. The van der Waals surface area contributed by atoms with Crippen LogP contribution >= 0.6 is 0 Å². The molecule has 0 aliphatic rings. The lowest BCUT2D eigenvalue weighted by Crippen LogP contribution is -3.05.